The van der Waals surface area contributed by atoms with Crippen LogP contribution in [0, 0.1) is 0 Å². The fourth-order valence-corrected chi connectivity index (χ4v) is 2.12. The molecule has 0 aliphatic rings. The summed E-state index contributed by atoms with van der Waals surface area (Å²) in [4.78, 5) is 0. The van der Waals surface area contributed by atoms with Crippen molar-refractivity contribution >= 4 is 10.1 Å². The van der Waals surface area contributed by atoms with Gasteiger partial charge in [-0.25, -0.2) is 0 Å². The molecule has 8 heteroatoms. The number of hydrogen-bond donors (Lipinski definition) is 2. The summed E-state index contributed by atoms with van der Waals surface area (Å²) in [5, 5.41) is 0. The molecule has 0 aliphatic carbocycles. The zero-order valence-electron chi connectivity index (χ0n) is 9.18. The molecule has 1 aromatic carbocycles. The SMILES string of the molecule is N[C@@H](Cc1ccc(C(F)(F)F)cc1)CS(=O)(=O)O. The summed E-state index contributed by atoms with van der Waals surface area (Å²) in [6, 6.07) is 3.39. The Labute approximate surface area is 102 Å². The van der Waals surface area contributed by atoms with E-state index in [4.69, 9.17) is 10.3 Å². The van der Waals surface area contributed by atoms with Gasteiger partial charge in [0.15, 0.2) is 0 Å². The zero-order valence-corrected chi connectivity index (χ0v) is 10.0. The minimum absolute atomic E-state index is 0.0674. The minimum atomic E-state index is -4.41. The highest BCUT2D eigenvalue weighted by Crippen LogP contribution is 2.29. The average Bonchev–Trinajstić information content (AvgIpc) is 2.13. The van der Waals surface area contributed by atoms with Crippen LogP contribution in [0.2, 0.25) is 0 Å². The van der Waals surface area contributed by atoms with Crippen molar-refractivity contribution in [1.29, 1.82) is 0 Å². The summed E-state index contributed by atoms with van der Waals surface area (Å²) in [6.07, 6.45) is -4.34. The molecule has 4 nitrogen and oxygen atoms in total. The molecule has 102 valence electrons. The van der Waals surface area contributed by atoms with Crippen molar-refractivity contribution in [3.05, 3.63) is 35.4 Å². The standard InChI is InChI=1S/C10H12F3NO3S/c11-10(12,13)8-3-1-7(2-4-8)5-9(14)6-18(15,16)17/h1-4,9H,5-6,14H2,(H,15,16,17)/t9-/m0/s1. The van der Waals surface area contributed by atoms with Gasteiger partial charge >= 0.3 is 6.18 Å². The molecule has 0 unspecified atom stereocenters. The molecule has 0 fully saturated rings. The largest absolute Gasteiger partial charge is 0.416 e. The lowest BCUT2D eigenvalue weighted by atomic mass is 10.1. The van der Waals surface area contributed by atoms with Crippen molar-refractivity contribution in [2.45, 2.75) is 18.6 Å². The Morgan fingerprint density at radius 2 is 1.72 bits per heavy atom. The predicted octanol–water partition coefficient (Wildman–Crippen LogP) is 1.46. The zero-order chi connectivity index (χ0) is 14.0. The lowest BCUT2D eigenvalue weighted by Gasteiger charge is -2.11. The third-order valence-corrected chi connectivity index (χ3v) is 3.05. The Bertz CT molecular complexity index is 496. The van der Waals surface area contributed by atoms with Gasteiger partial charge in [0, 0.05) is 6.04 Å². The minimum Gasteiger partial charge on any atom is -0.326 e. The van der Waals surface area contributed by atoms with E-state index in [0.717, 1.165) is 12.1 Å². The molecule has 0 saturated heterocycles. The monoisotopic (exact) mass is 283 g/mol. The third kappa shape index (κ3) is 5.03. The van der Waals surface area contributed by atoms with E-state index in [1.165, 1.54) is 12.1 Å². The van der Waals surface area contributed by atoms with E-state index in [9.17, 15) is 21.6 Å². The van der Waals surface area contributed by atoms with Crippen LogP contribution >= 0.6 is 0 Å². The van der Waals surface area contributed by atoms with Gasteiger partial charge in [0.25, 0.3) is 10.1 Å². The molecule has 18 heavy (non-hydrogen) atoms. The molecule has 0 heterocycles. The van der Waals surface area contributed by atoms with Crippen LogP contribution in [-0.2, 0) is 22.7 Å². The first kappa shape index (κ1) is 14.9. The molecule has 1 rings (SSSR count). The Kier molecular flexibility index (Phi) is 4.36. The molecule has 1 atom stereocenters. The van der Waals surface area contributed by atoms with Gasteiger partial charge in [-0.3, -0.25) is 4.55 Å². The Morgan fingerprint density at radius 1 is 1.22 bits per heavy atom. The van der Waals surface area contributed by atoms with E-state index in [-0.39, 0.29) is 6.42 Å². The van der Waals surface area contributed by atoms with Gasteiger partial charge < -0.3 is 5.73 Å². The topological polar surface area (TPSA) is 80.4 Å². The molecule has 0 aliphatic heterocycles. The van der Waals surface area contributed by atoms with Crippen molar-refractivity contribution in [3.63, 3.8) is 0 Å². The highest BCUT2D eigenvalue weighted by atomic mass is 32.2. The summed E-state index contributed by atoms with van der Waals surface area (Å²) in [5.74, 6) is -0.631. The Balaban J connectivity index is 2.70. The maximum absolute atomic E-state index is 12.3. The fourth-order valence-electron chi connectivity index (χ4n) is 1.46. The van der Waals surface area contributed by atoms with Crippen LogP contribution in [0.15, 0.2) is 24.3 Å². The summed E-state index contributed by atoms with van der Waals surface area (Å²) >= 11 is 0. The van der Waals surface area contributed by atoms with Gasteiger partial charge in [0.05, 0.1) is 11.3 Å². The third-order valence-electron chi connectivity index (χ3n) is 2.20. The van der Waals surface area contributed by atoms with Crippen molar-refractivity contribution in [3.8, 4) is 0 Å². The molecule has 0 amide bonds. The van der Waals surface area contributed by atoms with Crippen molar-refractivity contribution < 1.29 is 26.1 Å². The van der Waals surface area contributed by atoms with E-state index >= 15 is 0 Å². The first-order valence-corrected chi connectivity index (χ1v) is 6.56. The van der Waals surface area contributed by atoms with Gasteiger partial charge in [-0.05, 0) is 24.1 Å². The molecular weight excluding hydrogens is 271 g/mol. The fraction of sp³-hybridized carbons (Fsp3) is 0.400. The number of hydrogen-bond acceptors (Lipinski definition) is 3. The van der Waals surface area contributed by atoms with Crippen LogP contribution in [0.5, 0.6) is 0 Å². The Morgan fingerprint density at radius 3 is 2.11 bits per heavy atom. The van der Waals surface area contributed by atoms with E-state index in [0.29, 0.717) is 5.56 Å². The van der Waals surface area contributed by atoms with Gasteiger partial charge in [-0.2, -0.15) is 21.6 Å². The lowest BCUT2D eigenvalue weighted by molar-refractivity contribution is -0.137. The van der Waals surface area contributed by atoms with Crippen LogP contribution < -0.4 is 5.73 Å². The molecular formula is C10H12F3NO3S. The number of benzene rings is 1. The summed E-state index contributed by atoms with van der Waals surface area (Å²) in [7, 11) is -4.18. The maximum Gasteiger partial charge on any atom is 0.416 e. The molecule has 1 aromatic rings. The maximum atomic E-state index is 12.3. The van der Waals surface area contributed by atoms with Gasteiger partial charge in [-0.15, -0.1) is 0 Å². The summed E-state index contributed by atoms with van der Waals surface area (Å²) in [5.41, 5.74) is 5.14. The van der Waals surface area contributed by atoms with Crippen molar-refractivity contribution in [2.75, 3.05) is 5.75 Å². The van der Waals surface area contributed by atoms with Crippen LogP contribution in [0.4, 0.5) is 13.2 Å². The average molecular weight is 283 g/mol. The van der Waals surface area contributed by atoms with Crippen molar-refractivity contribution in [2.24, 2.45) is 5.73 Å². The van der Waals surface area contributed by atoms with Gasteiger partial charge in [-0.1, -0.05) is 12.1 Å². The second-order valence-electron chi connectivity index (χ2n) is 3.91. The van der Waals surface area contributed by atoms with Crippen LogP contribution in [0.25, 0.3) is 0 Å². The molecule has 3 N–H and O–H groups in total. The second kappa shape index (κ2) is 5.25. The smallest absolute Gasteiger partial charge is 0.326 e. The van der Waals surface area contributed by atoms with Crippen LogP contribution in [0.3, 0.4) is 0 Å². The normalized spacial score (nSPS) is 14.5. The first-order chi connectivity index (χ1) is 8.08. The number of alkyl halides is 3. The molecule has 0 spiro atoms. The van der Waals surface area contributed by atoms with E-state index in [2.05, 4.69) is 0 Å². The first-order valence-electron chi connectivity index (χ1n) is 4.95. The quantitative estimate of drug-likeness (QED) is 0.820. The molecule has 0 bridgehead atoms. The van der Waals surface area contributed by atoms with Gasteiger partial charge in [0.2, 0.25) is 0 Å². The number of rotatable bonds is 4. The highest BCUT2D eigenvalue weighted by Gasteiger charge is 2.29. The lowest BCUT2D eigenvalue weighted by Crippen LogP contribution is -2.31. The van der Waals surface area contributed by atoms with Crippen LogP contribution in [0.1, 0.15) is 11.1 Å². The van der Waals surface area contributed by atoms with E-state index in [1.807, 2.05) is 0 Å². The number of halogens is 3. The van der Waals surface area contributed by atoms with Crippen LogP contribution in [-0.4, -0.2) is 24.8 Å². The summed E-state index contributed by atoms with van der Waals surface area (Å²) < 4.78 is 66.5. The molecule has 0 saturated carbocycles. The second-order valence-corrected chi connectivity index (χ2v) is 5.40. The van der Waals surface area contributed by atoms with E-state index < -0.39 is 33.7 Å². The highest BCUT2D eigenvalue weighted by molar-refractivity contribution is 7.85. The Hall–Kier alpha value is -1.12. The summed E-state index contributed by atoms with van der Waals surface area (Å²) in [6.45, 7) is 0. The number of nitrogens with two attached hydrogens (primary N) is 1. The van der Waals surface area contributed by atoms with E-state index in [1.54, 1.807) is 0 Å². The van der Waals surface area contributed by atoms with Crippen molar-refractivity contribution in [1.82, 2.24) is 0 Å². The van der Waals surface area contributed by atoms with Gasteiger partial charge in [0.1, 0.15) is 0 Å². The predicted molar refractivity (Wildman–Crippen MR) is 59.5 cm³/mol. The molecule has 0 radical (unpaired) electrons. The molecule has 0 aromatic heterocycles.